The number of ketones is 1. The molecule has 3 heteroatoms. The van der Waals surface area contributed by atoms with E-state index in [0.717, 1.165) is 24.0 Å². The fraction of sp³-hybridized carbons (Fsp3) is 0.690. The third-order valence-electron chi connectivity index (χ3n) is 8.51. The highest BCUT2D eigenvalue weighted by Gasteiger charge is 2.50. The minimum absolute atomic E-state index is 0.204. The average molecular weight is 441 g/mol. The van der Waals surface area contributed by atoms with Crippen molar-refractivity contribution in [3.63, 3.8) is 0 Å². The Kier molecular flexibility index (Phi) is 7.72. The molecule has 3 saturated carbocycles. The SMILES string of the molecule is C=C1/C(=C\C=C2/CCC[C@]3(C)[C@@H]([C@H](C)C/C=C/C(=O)C(C)(C)C)CC[C@@H]23)C[C@@H](O)C[C@@H]1O. The predicted molar refractivity (Wildman–Crippen MR) is 132 cm³/mol. The lowest BCUT2D eigenvalue weighted by Crippen LogP contribution is -2.35. The topological polar surface area (TPSA) is 57.5 Å². The van der Waals surface area contributed by atoms with Gasteiger partial charge in [-0.3, -0.25) is 4.79 Å². The maximum atomic E-state index is 12.2. The molecule has 3 aliphatic carbocycles. The van der Waals surface area contributed by atoms with E-state index in [2.05, 4.69) is 38.7 Å². The number of aliphatic hydroxyl groups excluding tert-OH is 2. The van der Waals surface area contributed by atoms with Gasteiger partial charge in [0.05, 0.1) is 12.2 Å². The zero-order chi connectivity index (χ0) is 23.7. The Morgan fingerprint density at radius 3 is 2.66 bits per heavy atom. The van der Waals surface area contributed by atoms with Gasteiger partial charge < -0.3 is 10.2 Å². The number of hydrogen-bond acceptors (Lipinski definition) is 3. The molecular formula is C29H44O3. The Balaban J connectivity index is 1.71. The average Bonchev–Trinajstić information content (AvgIpc) is 3.06. The van der Waals surface area contributed by atoms with Gasteiger partial charge in [-0.15, -0.1) is 0 Å². The summed E-state index contributed by atoms with van der Waals surface area (Å²) < 4.78 is 0. The van der Waals surface area contributed by atoms with Crippen LogP contribution in [0, 0.1) is 28.6 Å². The van der Waals surface area contributed by atoms with Crippen LogP contribution in [0.15, 0.2) is 47.6 Å². The van der Waals surface area contributed by atoms with E-state index in [9.17, 15) is 15.0 Å². The number of carbonyl (C=O) groups is 1. The summed E-state index contributed by atoms with van der Waals surface area (Å²) in [7, 11) is 0. The van der Waals surface area contributed by atoms with E-state index in [0.29, 0.717) is 36.0 Å². The molecule has 6 atom stereocenters. The lowest BCUT2D eigenvalue weighted by Gasteiger charge is -2.44. The molecule has 32 heavy (non-hydrogen) atoms. The fourth-order valence-corrected chi connectivity index (χ4v) is 6.48. The molecule has 0 bridgehead atoms. The molecule has 0 amide bonds. The lowest BCUT2D eigenvalue weighted by atomic mass is 9.61. The number of fused-ring (bicyclic) bond motifs is 1. The molecule has 0 saturated heterocycles. The molecule has 0 spiro atoms. The minimum Gasteiger partial charge on any atom is -0.393 e. The van der Waals surface area contributed by atoms with Crippen LogP contribution in [0.3, 0.4) is 0 Å². The third-order valence-corrected chi connectivity index (χ3v) is 8.51. The molecule has 0 unspecified atom stereocenters. The van der Waals surface area contributed by atoms with Crippen molar-refractivity contribution < 1.29 is 15.0 Å². The van der Waals surface area contributed by atoms with E-state index in [1.54, 1.807) is 6.08 Å². The Bertz CT molecular complexity index is 809. The van der Waals surface area contributed by atoms with Crippen molar-refractivity contribution in [3.05, 3.63) is 47.6 Å². The zero-order valence-electron chi connectivity index (χ0n) is 20.9. The molecule has 0 aromatic rings. The van der Waals surface area contributed by atoms with Crippen LogP contribution in [0.4, 0.5) is 0 Å². The van der Waals surface area contributed by atoms with E-state index in [1.807, 2.05) is 20.8 Å². The second-order valence-corrected chi connectivity index (χ2v) is 11.9. The summed E-state index contributed by atoms with van der Waals surface area (Å²) in [5.41, 5.74) is 3.29. The van der Waals surface area contributed by atoms with E-state index < -0.39 is 12.2 Å². The third kappa shape index (κ3) is 5.37. The number of allylic oxidation sites excluding steroid dienone is 5. The molecule has 0 aromatic carbocycles. The maximum Gasteiger partial charge on any atom is 0.160 e. The van der Waals surface area contributed by atoms with Gasteiger partial charge in [-0.1, -0.05) is 65.0 Å². The van der Waals surface area contributed by atoms with Crippen LogP contribution in [0.5, 0.6) is 0 Å². The molecule has 0 aliphatic heterocycles. The highest BCUT2D eigenvalue weighted by atomic mass is 16.3. The first-order chi connectivity index (χ1) is 14.9. The first-order valence-corrected chi connectivity index (χ1v) is 12.6. The molecule has 3 rings (SSSR count). The zero-order valence-corrected chi connectivity index (χ0v) is 20.9. The first kappa shape index (κ1) is 25.2. The summed E-state index contributed by atoms with van der Waals surface area (Å²) in [4.78, 5) is 12.2. The smallest absolute Gasteiger partial charge is 0.160 e. The van der Waals surface area contributed by atoms with Crippen LogP contribution in [0.2, 0.25) is 0 Å². The molecule has 0 heterocycles. The Hall–Kier alpha value is -1.45. The molecule has 3 aliphatic rings. The van der Waals surface area contributed by atoms with Crippen LogP contribution in [-0.2, 0) is 4.79 Å². The van der Waals surface area contributed by atoms with Gasteiger partial charge in [0.15, 0.2) is 5.78 Å². The molecule has 3 fully saturated rings. The summed E-state index contributed by atoms with van der Waals surface area (Å²) in [6.07, 6.45) is 15.2. The van der Waals surface area contributed by atoms with Crippen molar-refractivity contribution in [1.29, 1.82) is 0 Å². The van der Waals surface area contributed by atoms with Crippen LogP contribution < -0.4 is 0 Å². The van der Waals surface area contributed by atoms with Gasteiger partial charge in [0.2, 0.25) is 0 Å². The van der Waals surface area contributed by atoms with Crippen LogP contribution in [0.1, 0.15) is 86.0 Å². The van der Waals surface area contributed by atoms with Gasteiger partial charge in [-0.2, -0.15) is 0 Å². The van der Waals surface area contributed by atoms with E-state index in [4.69, 9.17) is 0 Å². The molecular weight excluding hydrogens is 396 g/mol. The summed E-state index contributed by atoms with van der Waals surface area (Å²) in [6.45, 7) is 14.8. The van der Waals surface area contributed by atoms with Crippen molar-refractivity contribution in [2.45, 2.75) is 98.2 Å². The second-order valence-electron chi connectivity index (χ2n) is 11.9. The Morgan fingerprint density at radius 1 is 1.25 bits per heavy atom. The number of rotatable bonds is 5. The summed E-state index contributed by atoms with van der Waals surface area (Å²) >= 11 is 0. The van der Waals surface area contributed by atoms with Crippen molar-refractivity contribution in [2.75, 3.05) is 0 Å². The van der Waals surface area contributed by atoms with Gasteiger partial charge in [0.1, 0.15) is 0 Å². The van der Waals surface area contributed by atoms with Gasteiger partial charge in [-0.25, -0.2) is 0 Å². The van der Waals surface area contributed by atoms with Gasteiger partial charge in [0, 0.05) is 11.8 Å². The van der Waals surface area contributed by atoms with Crippen LogP contribution in [-0.4, -0.2) is 28.2 Å². The van der Waals surface area contributed by atoms with E-state index >= 15 is 0 Å². The minimum atomic E-state index is -0.630. The number of aliphatic hydroxyl groups is 2. The predicted octanol–water partition coefficient (Wildman–Crippen LogP) is 6.33. The van der Waals surface area contributed by atoms with Crippen molar-refractivity contribution in [1.82, 2.24) is 0 Å². The summed E-state index contributed by atoms with van der Waals surface area (Å²) in [6, 6.07) is 0. The van der Waals surface area contributed by atoms with Crippen molar-refractivity contribution in [3.8, 4) is 0 Å². The molecule has 0 radical (unpaired) electrons. The van der Waals surface area contributed by atoms with Crippen molar-refractivity contribution >= 4 is 5.78 Å². The normalized spacial score (nSPS) is 37.3. The standard InChI is InChI=1S/C29H44O3/c1-19(9-7-11-27(32)28(3,4)5)24-14-15-25-21(10-8-16-29(24,25)6)12-13-22-17-23(30)18-26(31)20(22)2/h7,11-13,19,23-26,30-31H,2,8-10,14-18H2,1,3-6H3/b11-7+,21-12+,22-13-/t19-,23-,24-,25+,26+,29-/m1/s1. The first-order valence-electron chi connectivity index (χ1n) is 12.6. The number of hydrogen-bond donors (Lipinski definition) is 2. The van der Waals surface area contributed by atoms with Gasteiger partial charge >= 0.3 is 0 Å². The van der Waals surface area contributed by atoms with Crippen molar-refractivity contribution in [2.24, 2.45) is 28.6 Å². The largest absolute Gasteiger partial charge is 0.393 e. The fourth-order valence-electron chi connectivity index (χ4n) is 6.48. The van der Waals surface area contributed by atoms with Gasteiger partial charge in [-0.05, 0) is 85.3 Å². The Labute approximate surface area is 195 Å². The summed E-state index contributed by atoms with van der Waals surface area (Å²) in [5.74, 6) is 2.05. The number of carbonyl (C=O) groups excluding carboxylic acids is 1. The molecule has 3 nitrogen and oxygen atoms in total. The maximum absolute atomic E-state index is 12.2. The Morgan fingerprint density at radius 2 is 1.97 bits per heavy atom. The highest BCUT2D eigenvalue weighted by Crippen LogP contribution is 2.59. The van der Waals surface area contributed by atoms with E-state index in [1.165, 1.54) is 31.3 Å². The highest BCUT2D eigenvalue weighted by molar-refractivity contribution is 5.93. The second kappa shape index (κ2) is 9.81. The monoisotopic (exact) mass is 440 g/mol. The van der Waals surface area contributed by atoms with E-state index in [-0.39, 0.29) is 11.2 Å². The lowest BCUT2D eigenvalue weighted by molar-refractivity contribution is -0.121. The van der Waals surface area contributed by atoms with Crippen LogP contribution >= 0.6 is 0 Å². The summed E-state index contributed by atoms with van der Waals surface area (Å²) in [5, 5.41) is 20.2. The van der Waals surface area contributed by atoms with Gasteiger partial charge in [0.25, 0.3) is 0 Å². The molecule has 0 aromatic heterocycles. The van der Waals surface area contributed by atoms with Crippen LogP contribution in [0.25, 0.3) is 0 Å². The molecule has 2 N–H and O–H groups in total. The quantitative estimate of drug-likeness (QED) is 0.491. The molecule has 178 valence electrons.